The predicted molar refractivity (Wildman–Crippen MR) is 128 cm³/mol. The lowest BCUT2D eigenvalue weighted by molar-refractivity contribution is -0.125. The highest BCUT2D eigenvalue weighted by Gasteiger charge is 2.41. The molecule has 178 valence electrons. The molecule has 0 saturated carbocycles. The third kappa shape index (κ3) is 6.12. The number of amides is 1. The Labute approximate surface area is 196 Å². The van der Waals surface area contributed by atoms with Crippen LogP contribution in [0.2, 0.25) is 0 Å². The van der Waals surface area contributed by atoms with Crippen molar-refractivity contribution in [2.75, 3.05) is 44.8 Å². The summed E-state index contributed by atoms with van der Waals surface area (Å²) in [5.41, 5.74) is 0.836. The molecule has 6 heteroatoms. The van der Waals surface area contributed by atoms with Crippen LogP contribution in [-0.4, -0.2) is 50.3 Å². The molecule has 2 aromatic carbocycles. The molecule has 5 nitrogen and oxygen atoms in total. The van der Waals surface area contributed by atoms with E-state index in [4.69, 9.17) is 9.47 Å². The minimum atomic E-state index is -0.715. The van der Waals surface area contributed by atoms with Crippen molar-refractivity contribution in [3.05, 3.63) is 59.9 Å². The number of piperidine rings is 1. The van der Waals surface area contributed by atoms with Crippen molar-refractivity contribution in [2.24, 2.45) is 5.92 Å². The molecule has 1 N–H and O–H groups in total. The molecule has 2 heterocycles. The number of benzene rings is 2. The maximum atomic E-state index is 13.4. The van der Waals surface area contributed by atoms with Gasteiger partial charge in [0, 0.05) is 32.0 Å². The molecular formula is C27H35FN2O3. The number of nitrogens with zero attached hydrogens (tertiary/aromatic N) is 1. The first-order valence-corrected chi connectivity index (χ1v) is 12.2. The van der Waals surface area contributed by atoms with Crippen molar-refractivity contribution in [1.82, 2.24) is 4.90 Å². The van der Waals surface area contributed by atoms with Gasteiger partial charge in [-0.25, -0.2) is 4.39 Å². The van der Waals surface area contributed by atoms with Gasteiger partial charge in [0.2, 0.25) is 5.91 Å². The van der Waals surface area contributed by atoms with Crippen LogP contribution in [0.5, 0.6) is 5.75 Å². The lowest BCUT2D eigenvalue weighted by atomic mass is 9.73. The van der Waals surface area contributed by atoms with Gasteiger partial charge >= 0.3 is 0 Å². The fourth-order valence-corrected chi connectivity index (χ4v) is 4.99. The average Bonchev–Trinajstić information content (AvgIpc) is 2.84. The Balaban J connectivity index is 1.31. The molecule has 2 fully saturated rings. The minimum absolute atomic E-state index is 0.0816. The van der Waals surface area contributed by atoms with Gasteiger partial charge in [0.05, 0.1) is 12.0 Å². The number of carbonyl (C=O) groups excluding carboxylic acids is 1. The van der Waals surface area contributed by atoms with Gasteiger partial charge in [-0.05, 0) is 86.5 Å². The molecule has 4 rings (SSSR count). The zero-order chi connectivity index (χ0) is 23.1. The summed E-state index contributed by atoms with van der Waals surface area (Å²) in [6, 6.07) is 13.8. The van der Waals surface area contributed by atoms with Crippen LogP contribution in [0.25, 0.3) is 0 Å². The zero-order valence-corrected chi connectivity index (χ0v) is 19.5. The van der Waals surface area contributed by atoms with Crippen LogP contribution in [-0.2, 0) is 14.9 Å². The van der Waals surface area contributed by atoms with Crippen molar-refractivity contribution < 1.29 is 18.7 Å². The number of hydrogen-bond acceptors (Lipinski definition) is 4. The monoisotopic (exact) mass is 454 g/mol. The second kappa shape index (κ2) is 11.1. The van der Waals surface area contributed by atoms with E-state index in [2.05, 4.69) is 17.1 Å². The molecule has 2 aromatic rings. The smallest absolute Gasteiger partial charge is 0.235 e. The number of nitrogens with one attached hydrogen (secondary N) is 1. The van der Waals surface area contributed by atoms with Gasteiger partial charge in [0.15, 0.2) is 0 Å². The Bertz CT molecular complexity index is 895. The van der Waals surface area contributed by atoms with Crippen LogP contribution in [0.3, 0.4) is 0 Å². The van der Waals surface area contributed by atoms with Gasteiger partial charge in [-0.1, -0.05) is 19.1 Å². The maximum Gasteiger partial charge on any atom is 0.235 e. The van der Waals surface area contributed by atoms with E-state index in [1.807, 2.05) is 24.3 Å². The SMILES string of the molecule is CC1CCCN(CCCOc2ccc(NC(=O)C3(c4ccc(F)cc4)CCOCC3)cc2)C1. The number of halogens is 1. The predicted octanol–water partition coefficient (Wildman–Crippen LogP) is 5.01. The number of rotatable bonds is 8. The molecule has 2 saturated heterocycles. The third-order valence-electron chi connectivity index (χ3n) is 6.92. The minimum Gasteiger partial charge on any atom is -0.494 e. The number of anilines is 1. The van der Waals surface area contributed by atoms with E-state index in [0.717, 1.165) is 35.9 Å². The molecule has 2 aliphatic heterocycles. The van der Waals surface area contributed by atoms with Gasteiger partial charge < -0.3 is 19.7 Å². The molecule has 33 heavy (non-hydrogen) atoms. The molecule has 1 atom stereocenters. The van der Waals surface area contributed by atoms with Gasteiger partial charge in [-0.15, -0.1) is 0 Å². The van der Waals surface area contributed by atoms with E-state index < -0.39 is 5.41 Å². The van der Waals surface area contributed by atoms with Gasteiger partial charge in [0.1, 0.15) is 11.6 Å². The summed E-state index contributed by atoms with van der Waals surface area (Å²) in [6.45, 7) is 7.50. The molecule has 2 aliphatic rings. The summed E-state index contributed by atoms with van der Waals surface area (Å²) in [6.07, 6.45) is 4.79. The van der Waals surface area contributed by atoms with Crippen LogP contribution in [0.15, 0.2) is 48.5 Å². The largest absolute Gasteiger partial charge is 0.494 e. The van der Waals surface area contributed by atoms with Crippen LogP contribution in [0, 0.1) is 11.7 Å². The third-order valence-corrected chi connectivity index (χ3v) is 6.92. The average molecular weight is 455 g/mol. The summed E-state index contributed by atoms with van der Waals surface area (Å²) < 4.78 is 24.9. The topological polar surface area (TPSA) is 50.8 Å². The van der Waals surface area contributed by atoms with Gasteiger partial charge in [0.25, 0.3) is 0 Å². The normalized spacial score (nSPS) is 20.8. The lowest BCUT2D eigenvalue weighted by Crippen LogP contribution is -2.44. The number of likely N-dealkylation sites (tertiary alicyclic amines) is 1. The molecular weight excluding hydrogens is 419 g/mol. The van der Waals surface area contributed by atoms with Crippen LogP contribution < -0.4 is 10.1 Å². The molecule has 0 radical (unpaired) electrons. The van der Waals surface area contributed by atoms with Crippen LogP contribution in [0.4, 0.5) is 10.1 Å². The second-order valence-corrected chi connectivity index (χ2v) is 9.43. The standard InChI is InChI=1S/C27H35FN2O3/c1-21-4-2-15-30(20-21)16-3-17-33-25-11-9-24(10-12-25)29-26(31)27(13-18-32-19-14-27)22-5-7-23(28)8-6-22/h5-12,21H,2-4,13-20H2,1H3,(H,29,31). The highest BCUT2D eigenvalue weighted by molar-refractivity contribution is 5.99. The Hall–Kier alpha value is -2.44. The van der Waals surface area contributed by atoms with E-state index in [1.165, 1.54) is 38.1 Å². The number of hydrogen-bond donors (Lipinski definition) is 1. The molecule has 0 aliphatic carbocycles. The van der Waals surface area contributed by atoms with Gasteiger partial charge in [-0.2, -0.15) is 0 Å². The maximum absolute atomic E-state index is 13.4. The first-order chi connectivity index (χ1) is 16.0. The van der Waals surface area contributed by atoms with Crippen molar-refractivity contribution in [3.63, 3.8) is 0 Å². The first-order valence-electron chi connectivity index (χ1n) is 12.2. The zero-order valence-electron chi connectivity index (χ0n) is 19.5. The number of carbonyl (C=O) groups is 1. The summed E-state index contributed by atoms with van der Waals surface area (Å²) in [7, 11) is 0. The van der Waals surface area contributed by atoms with Crippen molar-refractivity contribution >= 4 is 11.6 Å². The fraction of sp³-hybridized carbons (Fsp3) is 0.519. The van der Waals surface area contributed by atoms with E-state index >= 15 is 0 Å². The van der Waals surface area contributed by atoms with Gasteiger partial charge in [-0.3, -0.25) is 4.79 Å². The summed E-state index contributed by atoms with van der Waals surface area (Å²) in [5.74, 6) is 1.22. The van der Waals surface area contributed by atoms with E-state index in [-0.39, 0.29) is 11.7 Å². The summed E-state index contributed by atoms with van der Waals surface area (Å²) in [4.78, 5) is 15.9. The van der Waals surface area contributed by atoms with E-state index in [9.17, 15) is 9.18 Å². The Kier molecular flexibility index (Phi) is 7.99. The molecule has 0 bridgehead atoms. The van der Waals surface area contributed by atoms with Crippen LogP contribution >= 0.6 is 0 Å². The molecule has 0 aromatic heterocycles. The van der Waals surface area contributed by atoms with E-state index in [1.54, 1.807) is 12.1 Å². The summed E-state index contributed by atoms with van der Waals surface area (Å²) >= 11 is 0. The van der Waals surface area contributed by atoms with Crippen molar-refractivity contribution in [3.8, 4) is 5.75 Å². The second-order valence-electron chi connectivity index (χ2n) is 9.43. The highest BCUT2D eigenvalue weighted by atomic mass is 19.1. The number of ether oxygens (including phenoxy) is 2. The van der Waals surface area contributed by atoms with E-state index in [0.29, 0.717) is 32.7 Å². The van der Waals surface area contributed by atoms with Crippen molar-refractivity contribution in [2.45, 2.75) is 44.4 Å². The molecule has 1 amide bonds. The Morgan fingerprint density at radius 1 is 1.15 bits per heavy atom. The Morgan fingerprint density at radius 3 is 2.58 bits per heavy atom. The fourth-order valence-electron chi connectivity index (χ4n) is 4.99. The van der Waals surface area contributed by atoms with Crippen molar-refractivity contribution in [1.29, 1.82) is 0 Å². The Morgan fingerprint density at radius 2 is 1.88 bits per heavy atom. The molecule has 0 spiro atoms. The lowest BCUT2D eigenvalue weighted by Gasteiger charge is -2.36. The first kappa shape index (κ1) is 23.7. The van der Waals surface area contributed by atoms with Crippen LogP contribution in [0.1, 0.15) is 44.6 Å². The quantitative estimate of drug-likeness (QED) is 0.570. The summed E-state index contributed by atoms with van der Waals surface area (Å²) in [5, 5.41) is 3.06. The highest BCUT2D eigenvalue weighted by Crippen LogP contribution is 2.36. The molecule has 1 unspecified atom stereocenters.